The molecule has 3 aliphatic rings. The van der Waals surface area contributed by atoms with Gasteiger partial charge in [0.15, 0.2) is 0 Å². The standard InChI is InChI=1S/C19H28N2O2/c22-19-4-1-3-15-16-7-10-21(18(16)6-5-17(15)19)9-2-8-20-11-13-23-14-12-20/h1,3-4,16,18,22H,2,5-14H2/t16-,18+/m1/s1. The van der Waals surface area contributed by atoms with Crippen LogP contribution in [0.2, 0.25) is 0 Å². The number of benzene rings is 1. The van der Waals surface area contributed by atoms with E-state index in [1.807, 2.05) is 12.1 Å². The molecule has 2 aliphatic heterocycles. The minimum absolute atomic E-state index is 0.506. The number of morpholine rings is 1. The Morgan fingerprint density at radius 1 is 1.09 bits per heavy atom. The second kappa shape index (κ2) is 6.80. The van der Waals surface area contributed by atoms with E-state index in [2.05, 4.69) is 15.9 Å². The van der Waals surface area contributed by atoms with Crippen LogP contribution in [0.4, 0.5) is 0 Å². The third-order valence-corrected chi connectivity index (χ3v) is 5.96. The van der Waals surface area contributed by atoms with Crippen LogP contribution in [0, 0.1) is 0 Å². The number of fused-ring (bicyclic) bond motifs is 3. The Morgan fingerprint density at radius 3 is 2.83 bits per heavy atom. The second-order valence-electron chi connectivity index (χ2n) is 7.19. The van der Waals surface area contributed by atoms with E-state index in [1.54, 1.807) is 0 Å². The number of hydrogen-bond acceptors (Lipinski definition) is 4. The van der Waals surface area contributed by atoms with E-state index in [-0.39, 0.29) is 0 Å². The summed E-state index contributed by atoms with van der Waals surface area (Å²) in [5, 5.41) is 10.1. The fraction of sp³-hybridized carbons (Fsp3) is 0.684. The quantitative estimate of drug-likeness (QED) is 0.924. The van der Waals surface area contributed by atoms with Crippen LogP contribution in [0.15, 0.2) is 18.2 Å². The van der Waals surface area contributed by atoms with E-state index in [0.29, 0.717) is 17.7 Å². The zero-order valence-electron chi connectivity index (χ0n) is 13.9. The molecule has 4 nitrogen and oxygen atoms in total. The normalized spacial score (nSPS) is 28.5. The van der Waals surface area contributed by atoms with Crippen molar-refractivity contribution in [3.8, 4) is 5.75 Å². The average molecular weight is 316 g/mol. The van der Waals surface area contributed by atoms with Crippen molar-refractivity contribution < 1.29 is 9.84 Å². The second-order valence-corrected chi connectivity index (χ2v) is 7.19. The summed E-state index contributed by atoms with van der Waals surface area (Å²) in [5.41, 5.74) is 2.63. The Bertz CT molecular complexity index is 542. The topological polar surface area (TPSA) is 35.9 Å². The number of phenols is 1. The fourth-order valence-corrected chi connectivity index (χ4v) is 4.77. The van der Waals surface area contributed by atoms with Crippen LogP contribution in [0.1, 0.15) is 36.3 Å². The highest BCUT2D eigenvalue weighted by Crippen LogP contribution is 2.43. The molecule has 0 amide bonds. The van der Waals surface area contributed by atoms with Gasteiger partial charge in [-0.25, -0.2) is 0 Å². The van der Waals surface area contributed by atoms with Crippen molar-refractivity contribution in [1.29, 1.82) is 0 Å². The van der Waals surface area contributed by atoms with Gasteiger partial charge < -0.3 is 9.84 Å². The van der Waals surface area contributed by atoms with Crippen LogP contribution in [0.5, 0.6) is 5.75 Å². The molecule has 1 aliphatic carbocycles. The van der Waals surface area contributed by atoms with Gasteiger partial charge in [-0.05, 0) is 62.5 Å². The zero-order valence-corrected chi connectivity index (χ0v) is 13.9. The van der Waals surface area contributed by atoms with E-state index >= 15 is 0 Å². The molecule has 2 atom stereocenters. The van der Waals surface area contributed by atoms with Crippen LogP contribution < -0.4 is 0 Å². The lowest BCUT2D eigenvalue weighted by atomic mass is 9.79. The molecule has 126 valence electrons. The summed E-state index contributed by atoms with van der Waals surface area (Å²) in [6, 6.07) is 6.78. The minimum atomic E-state index is 0.506. The van der Waals surface area contributed by atoms with E-state index in [1.165, 1.54) is 50.0 Å². The van der Waals surface area contributed by atoms with Crippen LogP contribution in [-0.2, 0) is 11.2 Å². The molecule has 2 heterocycles. The third kappa shape index (κ3) is 3.12. The lowest BCUT2D eigenvalue weighted by molar-refractivity contribution is 0.0358. The van der Waals surface area contributed by atoms with Gasteiger partial charge in [-0.15, -0.1) is 0 Å². The van der Waals surface area contributed by atoms with Crippen molar-refractivity contribution in [1.82, 2.24) is 9.80 Å². The molecule has 2 fully saturated rings. The summed E-state index contributed by atoms with van der Waals surface area (Å²) in [6.45, 7) is 7.62. The first-order valence-electron chi connectivity index (χ1n) is 9.18. The van der Waals surface area contributed by atoms with Crippen molar-refractivity contribution in [2.45, 2.75) is 37.6 Å². The van der Waals surface area contributed by atoms with Gasteiger partial charge in [0.2, 0.25) is 0 Å². The van der Waals surface area contributed by atoms with E-state index in [9.17, 15) is 5.11 Å². The summed E-state index contributed by atoms with van der Waals surface area (Å²) < 4.78 is 5.42. The summed E-state index contributed by atoms with van der Waals surface area (Å²) in [7, 11) is 0. The first kappa shape index (κ1) is 15.4. The lowest BCUT2D eigenvalue weighted by Gasteiger charge is -2.34. The molecule has 0 spiro atoms. The number of rotatable bonds is 4. The first-order chi connectivity index (χ1) is 11.3. The minimum Gasteiger partial charge on any atom is -0.508 e. The van der Waals surface area contributed by atoms with E-state index in [4.69, 9.17) is 4.74 Å². The molecule has 0 aromatic heterocycles. The maximum Gasteiger partial charge on any atom is 0.119 e. The van der Waals surface area contributed by atoms with Gasteiger partial charge in [0.05, 0.1) is 13.2 Å². The molecule has 4 heteroatoms. The first-order valence-corrected chi connectivity index (χ1v) is 9.18. The molecule has 1 N–H and O–H groups in total. The molecular formula is C19H28N2O2. The zero-order chi connectivity index (χ0) is 15.6. The Balaban J connectivity index is 1.34. The largest absolute Gasteiger partial charge is 0.508 e. The predicted molar refractivity (Wildman–Crippen MR) is 91.0 cm³/mol. The maximum atomic E-state index is 10.1. The van der Waals surface area contributed by atoms with Gasteiger partial charge in [-0.2, -0.15) is 0 Å². The molecule has 0 bridgehead atoms. The number of ether oxygens (including phenoxy) is 1. The van der Waals surface area contributed by atoms with Gasteiger partial charge in [0.1, 0.15) is 5.75 Å². The molecule has 0 radical (unpaired) electrons. The molecular weight excluding hydrogens is 288 g/mol. The highest BCUT2D eigenvalue weighted by molar-refractivity contribution is 5.44. The highest BCUT2D eigenvalue weighted by Gasteiger charge is 2.38. The highest BCUT2D eigenvalue weighted by atomic mass is 16.5. The van der Waals surface area contributed by atoms with Crippen molar-refractivity contribution in [2.24, 2.45) is 0 Å². The monoisotopic (exact) mass is 316 g/mol. The van der Waals surface area contributed by atoms with Gasteiger partial charge in [0, 0.05) is 25.0 Å². The van der Waals surface area contributed by atoms with Gasteiger partial charge in [-0.1, -0.05) is 12.1 Å². The van der Waals surface area contributed by atoms with Crippen molar-refractivity contribution in [3.63, 3.8) is 0 Å². The summed E-state index contributed by atoms with van der Waals surface area (Å²) in [4.78, 5) is 5.24. The molecule has 0 unspecified atom stereocenters. The predicted octanol–water partition coefficient (Wildman–Crippen LogP) is 2.22. The lowest BCUT2D eigenvalue weighted by Crippen LogP contribution is -2.40. The summed E-state index contributed by atoms with van der Waals surface area (Å²) >= 11 is 0. The van der Waals surface area contributed by atoms with Crippen LogP contribution >= 0.6 is 0 Å². The number of phenolic OH excluding ortho intramolecular Hbond substituents is 1. The smallest absolute Gasteiger partial charge is 0.119 e. The van der Waals surface area contributed by atoms with Gasteiger partial charge >= 0.3 is 0 Å². The number of nitrogens with zero attached hydrogens (tertiary/aromatic N) is 2. The summed E-state index contributed by atoms with van der Waals surface area (Å²) in [5.74, 6) is 1.14. The molecule has 0 saturated carbocycles. The van der Waals surface area contributed by atoms with Crippen LogP contribution in [0.3, 0.4) is 0 Å². The Kier molecular flexibility index (Phi) is 4.56. The molecule has 1 aromatic rings. The Hall–Kier alpha value is -1.10. The van der Waals surface area contributed by atoms with Gasteiger partial charge in [0.25, 0.3) is 0 Å². The Labute approximate surface area is 139 Å². The maximum absolute atomic E-state index is 10.1. The number of aromatic hydroxyl groups is 1. The molecule has 2 saturated heterocycles. The number of likely N-dealkylation sites (tertiary alicyclic amines) is 1. The van der Waals surface area contributed by atoms with E-state index in [0.717, 1.165) is 32.7 Å². The SMILES string of the molecule is Oc1cccc2c1CC[C@H]1[C@@H]2CCN1CCCN1CCOCC1. The van der Waals surface area contributed by atoms with Crippen molar-refractivity contribution in [3.05, 3.63) is 29.3 Å². The average Bonchev–Trinajstić information content (AvgIpc) is 3.00. The molecule has 23 heavy (non-hydrogen) atoms. The van der Waals surface area contributed by atoms with Gasteiger partial charge in [-0.3, -0.25) is 9.80 Å². The Morgan fingerprint density at radius 2 is 1.96 bits per heavy atom. The summed E-state index contributed by atoms with van der Waals surface area (Å²) in [6.07, 6.45) is 4.74. The van der Waals surface area contributed by atoms with E-state index < -0.39 is 0 Å². The van der Waals surface area contributed by atoms with Crippen LogP contribution in [0.25, 0.3) is 0 Å². The molecule has 4 rings (SSSR count). The fourth-order valence-electron chi connectivity index (χ4n) is 4.77. The third-order valence-electron chi connectivity index (χ3n) is 5.96. The van der Waals surface area contributed by atoms with Crippen molar-refractivity contribution >= 4 is 0 Å². The number of hydrogen-bond donors (Lipinski definition) is 1. The van der Waals surface area contributed by atoms with Crippen LogP contribution in [-0.4, -0.2) is 66.9 Å². The molecule has 1 aromatic carbocycles. The van der Waals surface area contributed by atoms with Crippen molar-refractivity contribution in [2.75, 3.05) is 45.9 Å².